The molecule has 0 saturated carbocycles. The monoisotopic (exact) mass is 314 g/mol. The minimum absolute atomic E-state index is 0.00273. The molecule has 0 atom stereocenters. The van der Waals surface area contributed by atoms with Crippen molar-refractivity contribution in [3.8, 4) is 0 Å². The van der Waals surface area contributed by atoms with E-state index in [2.05, 4.69) is 4.74 Å². The zero-order valence-corrected chi connectivity index (χ0v) is 9.52. The molecule has 0 radical (unpaired) electrons. The molecule has 1 rings (SSSR count). The van der Waals surface area contributed by atoms with Crippen LogP contribution in [0.5, 0.6) is 0 Å². The van der Waals surface area contributed by atoms with Crippen molar-refractivity contribution in [2.24, 2.45) is 0 Å². The number of esters is 1. The molecule has 13 heavy (non-hydrogen) atoms. The molecule has 1 aromatic carbocycles. The molecule has 0 unspecified atom stereocenters. The van der Waals surface area contributed by atoms with Gasteiger partial charge in [0.05, 0.1) is 21.3 Å². The van der Waals surface area contributed by atoms with Crippen molar-refractivity contribution < 1.29 is 13.9 Å². The molecule has 0 heterocycles. The van der Waals surface area contributed by atoms with Crippen molar-refractivity contribution in [1.82, 2.24) is 0 Å². The molecule has 0 aromatic heterocycles. The Morgan fingerprint density at radius 1 is 1.62 bits per heavy atom. The van der Waals surface area contributed by atoms with Gasteiger partial charge >= 0.3 is 5.97 Å². The smallest absolute Gasteiger partial charge is 0.339 e. The molecular weight excluding hydrogens is 309 g/mol. The Morgan fingerprint density at radius 2 is 2.23 bits per heavy atom. The Hall–Kier alpha value is -0.360. The molecule has 5 heteroatoms. The van der Waals surface area contributed by atoms with E-state index in [0.717, 1.165) is 0 Å². The summed E-state index contributed by atoms with van der Waals surface area (Å²) in [6.45, 7) is 0. The summed E-state index contributed by atoms with van der Waals surface area (Å²) in [5.74, 6) is -1.16. The van der Waals surface area contributed by atoms with E-state index in [4.69, 9.17) is 11.6 Å². The number of carbonyl (C=O) groups is 1. The van der Waals surface area contributed by atoms with Crippen LogP contribution in [-0.2, 0) is 4.74 Å². The van der Waals surface area contributed by atoms with Crippen LogP contribution in [0.15, 0.2) is 12.1 Å². The lowest BCUT2D eigenvalue weighted by Gasteiger charge is -2.03. The van der Waals surface area contributed by atoms with Crippen LogP contribution in [-0.4, -0.2) is 13.1 Å². The van der Waals surface area contributed by atoms with Crippen LogP contribution in [0.2, 0.25) is 5.02 Å². The molecule has 0 aliphatic heterocycles. The van der Waals surface area contributed by atoms with Gasteiger partial charge < -0.3 is 4.74 Å². The zero-order chi connectivity index (χ0) is 10.0. The third-order valence-electron chi connectivity index (χ3n) is 1.44. The molecule has 0 saturated heterocycles. The van der Waals surface area contributed by atoms with Crippen molar-refractivity contribution in [2.45, 2.75) is 0 Å². The Bertz CT molecular complexity index is 354. The number of halogens is 3. The van der Waals surface area contributed by atoms with Crippen LogP contribution in [0.1, 0.15) is 10.4 Å². The molecule has 70 valence electrons. The third kappa shape index (κ3) is 2.11. The zero-order valence-electron chi connectivity index (χ0n) is 6.61. The second-order valence-electron chi connectivity index (χ2n) is 2.21. The molecule has 2 nitrogen and oxygen atoms in total. The summed E-state index contributed by atoms with van der Waals surface area (Å²) in [5.41, 5.74) is 0.185. The summed E-state index contributed by atoms with van der Waals surface area (Å²) in [6, 6.07) is 2.75. The topological polar surface area (TPSA) is 26.3 Å². The highest BCUT2D eigenvalue weighted by Gasteiger charge is 2.15. The summed E-state index contributed by atoms with van der Waals surface area (Å²) >= 11 is 7.21. The molecule has 0 aliphatic rings. The number of carbonyl (C=O) groups excluding carboxylic acids is 1. The van der Waals surface area contributed by atoms with Crippen molar-refractivity contribution in [3.05, 3.63) is 32.1 Å². The minimum atomic E-state index is -0.592. The van der Waals surface area contributed by atoms with Crippen LogP contribution >= 0.6 is 34.2 Å². The van der Waals surface area contributed by atoms with Gasteiger partial charge in [0.1, 0.15) is 0 Å². The van der Waals surface area contributed by atoms with Crippen LogP contribution in [0.4, 0.5) is 4.39 Å². The van der Waals surface area contributed by atoms with E-state index >= 15 is 0 Å². The Labute approximate surface area is 93.2 Å². The van der Waals surface area contributed by atoms with Crippen molar-refractivity contribution in [2.75, 3.05) is 7.11 Å². The predicted molar refractivity (Wildman–Crippen MR) is 55.5 cm³/mol. The molecule has 1 aromatic rings. The average Bonchev–Trinajstić information content (AvgIpc) is 2.13. The standard InChI is InChI=1S/C8H5ClFIO2/c1-13-8(12)4-2-3-5(9)6(10)7(4)11/h2-3H,1H3. The largest absolute Gasteiger partial charge is 0.465 e. The normalized spacial score (nSPS) is 9.85. The fraction of sp³-hybridized carbons (Fsp3) is 0.125. The van der Waals surface area contributed by atoms with Gasteiger partial charge in [-0.1, -0.05) is 11.6 Å². The number of rotatable bonds is 1. The van der Waals surface area contributed by atoms with Crippen LogP contribution in [0.3, 0.4) is 0 Å². The van der Waals surface area contributed by atoms with Gasteiger partial charge in [-0.2, -0.15) is 0 Å². The van der Waals surface area contributed by atoms with E-state index in [-0.39, 0.29) is 14.2 Å². The quantitative estimate of drug-likeness (QED) is 0.453. The number of methoxy groups -OCH3 is 1. The third-order valence-corrected chi connectivity index (χ3v) is 2.79. The lowest BCUT2D eigenvalue weighted by Crippen LogP contribution is -2.05. The van der Waals surface area contributed by atoms with E-state index in [1.165, 1.54) is 19.2 Å². The van der Waals surface area contributed by atoms with Crippen molar-refractivity contribution in [3.63, 3.8) is 0 Å². The van der Waals surface area contributed by atoms with Gasteiger partial charge in [0.15, 0.2) is 5.82 Å². The Balaban J connectivity index is 3.26. The fourth-order valence-electron chi connectivity index (χ4n) is 0.794. The summed E-state index contributed by atoms with van der Waals surface area (Å²) < 4.78 is 17.8. The summed E-state index contributed by atoms with van der Waals surface area (Å²) in [5, 5.41) is -0.00273. The molecule has 0 bridgehead atoms. The molecule has 0 amide bonds. The van der Waals surface area contributed by atoms with Gasteiger partial charge in [-0.3, -0.25) is 0 Å². The molecular formula is C8H5ClFIO2. The van der Waals surface area contributed by atoms with Gasteiger partial charge in [0, 0.05) is 0 Å². The Kier molecular flexibility index (Phi) is 3.49. The van der Waals surface area contributed by atoms with Gasteiger partial charge in [0.25, 0.3) is 0 Å². The number of hydrogen-bond acceptors (Lipinski definition) is 2. The first-order valence-corrected chi connectivity index (χ1v) is 4.75. The molecule has 0 aliphatic carbocycles. The first-order valence-electron chi connectivity index (χ1n) is 3.29. The fourth-order valence-corrected chi connectivity index (χ4v) is 1.80. The highest BCUT2D eigenvalue weighted by atomic mass is 127. The lowest BCUT2D eigenvalue weighted by atomic mass is 10.2. The summed E-state index contributed by atoms with van der Waals surface area (Å²) in [7, 11) is 1.24. The van der Waals surface area contributed by atoms with E-state index in [1.807, 2.05) is 0 Å². The molecule has 0 N–H and O–H groups in total. The van der Waals surface area contributed by atoms with Gasteiger partial charge in [0.2, 0.25) is 0 Å². The predicted octanol–water partition coefficient (Wildman–Crippen LogP) is 2.87. The average molecular weight is 314 g/mol. The SMILES string of the molecule is COC(=O)c1ccc(Cl)c(F)c1I. The first-order chi connectivity index (χ1) is 6.07. The molecule has 0 spiro atoms. The van der Waals surface area contributed by atoms with Crippen molar-refractivity contribution in [1.29, 1.82) is 0 Å². The maximum atomic E-state index is 13.1. The van der Waals surface area contributed by atoms with Gasteiger partial charge in [-0.25, -0.2) is 9.18 Å². The number of ether oxygens (including phenoxy) is 1. The minimum Gasteiger partial charge on any atom is -0.465 e. The second-order valence-corrected chi connectivity index (χ2v) is 3.70. The first kappa shape index (κ1) is 10.7. The van der Waals surface area contributed by atoms with E-state index in [1.54, 1.807) is 22.6 Å². The number of benzene rings is 1. The Morgan fingerprint density at radius 3 is 2.77 bits per heavy atom. The summed E-state index contributed by atoms with van der Waals surface area (Å²) in [6.07, 6.45) is 0. The van der Waals surface area contributed by atoms with E-state index in [9.17, 15) is 9.18 Å². The number of hydrogen-bond donors (Lipinski definition) is 0. The maximum Gasteiger partial charge on any atom is 0.339 e. The summed E-state index contributed by atoms with van der Waals surface area (Å²) in [4.78, 5) is 11.1. The van der Waals surface area contributed by atoms with Crippen LogP contribution in [0, 0.1) is 9.39 Å². The molecule has 0 fully saturated rings. The van der Waals surface area contributed by atoms with Gasteiger partial charge in [-0.05, 0) is 34.7 Å². The van der Waals surface area contributed by atoms with Gasteiger partial charge in [-0.15, -0.1) is 0 Å². The van der Waals surface area contributed by atoms with E-state index < -0.39 is 11.8 Å². The second kappa shape index (κ2) is 4.23. The van der Waals surface area contributed by atoms with E-state index in [0.29, 0.717) is 0 Å². The maximum absolute atomic E-state index is 13.1. The van der Waals surface area contributed by atoms with Crippen LogP contribution < -0.4 is 0 Å². The highest BCUT2D eigenvalue weighted by Crippen LogP contribution is 2.23. The van der Waals surface area contributed by atoms with Crippen LogP contribution in [0.25, 0.3) is 0 Å². The van der Waals surface area contributed by atoms with Crippen molar-refractivity contribution >= 4 is 40.2 Å². The lowest BCUT2D eigenvalue weighted by molar-refractivity contribution is 0.0599. The highest BCUT2D eigenvalue weighted by molar-refractivity contribution is 14.1.